The van der Waals surface area contributed by atoms with Gasteiger partial charge in [0.05, 0.1) is 5.52 Å². The monoisotopic (exact) mass is 271 g/mol. The van der Waals surface area contributed by atoms with Crippen molar-refractivity contribution in [3.63, 3.8) is 0 Å². The molecular weight excluding hydrogens is 265 g/mol. The van der Waals surface area contributed by atoms with Gasteiger partial charge in [-0.2, -0.15) is 0 Å². The summed E-state index contributed by atoms with van der Waals surface area (Å²) in [6.45, 7) is 1.65. The zero-order chi connectivity index (χ0) is 11.2. The van der Waals surface area contributed by atoms with E-state index in [1.807, 2.05) is 0 Å². The lowest BCUT2D eigenvalue weighted by atomic mass is 10.1. The van der Waals surface area contributed by atoms with Crippen molar-refractivity contribution in [3.8, 4) is 0 Å². The number of rotatable bonds is 1. The molecule has 0 saturated heterocycles. The predicted octanol–water partition coefficient (Wildman–Crippen LogP) is 3.08. The number of aromatic carboxylic acids is 1. The molecule has 1 aromatic carbocycles. The van der Waals surface area contributed by atoms with Crippen molar-refractivity contribution < 1.29 is 14.3 Å². The summed E-state index contributed by atoms with van der Waals surface area (Å²) in [7, 11) is 0. The van der Waals surface area contributed by atoms with Crippen LogP contribution in [0.5, 0.6) is 0 Å². The Balaban J connectivity index is 2.88. The zero-order valence-electron chi connectivity index (χ0n) is 7.77. The molecule has 0 aliphatic rings. The van der Waals surface area contributed by atoms with E-state index in [1.54, 1.807) is 13.0 Å². The number of halogens is 2. The molecule has 0 bridgehead atoms. The third-order valence-corrected chi connectivity index (χ3v) is 2.76. The summed E-state index contributed by atoms with van der Waals surface area (Å²) in [5, 5.41) is 9.44. The topological polar surface area (TPSA) is 53.1 Å². The number of aromatic amines is 1. The lowest BCUT2D eigenvalue weighted by Crippen LogP contribution is -1.98. The average molecular weight is 272 g/mol. The van der Waals surface area contributed by atoms with Crippen LogP contribution in [0.15, 0.2) is 16.6 Å². The molecule has 0 saturated carbocycles. The van der Waals surface area contributed by atoms with Crippen LogP contribution in [0.3, 0.4) is 0 Å². The van der Waals surface area contributed by atoms with Gasteiger partial charge in [-0.15, -0.1) is 0 Å². The molecule has 1 heterocycles. The highest BCUT2D eigenvalue weighted by molar-refractivity contribution is 9.10. The molecule has 0 aliphatic carbocycles. The molecule has 15 heavy (non-hydrogen) atoms. The highest BCUT2D eigenvalue weighted by atomic mass is 79.9. The third-order valence-electron chi connectivity index (χ3n) is 2.30. The van der Waals surface area contributed by atoms with Gasteiger partial charge in [0.25, 0.3) is 0 Å². The maximum Gasteiger partial charge on any atom is 0.352 e. The molecule has 0 amide bonds. The van der Waals surface area contributed by atoms with Crippen LogP contribution in [0.4, 0.5) is 4.39 Å². The Labute approximate surface area is 93.0 Å². The molecule has 3 nitrogen and oxygen atoms in total. The second-order valence-electron chi connectivity index (χ2n) is 3.24. The first-order valence-electron chi connectivity index (χ1n) is 4.21. The number of H-pyrrole nitrogens is 1. The van der Waals surface area contributed by atoms with E-state index in [9.17, 15) is 9.18 Å². The van der Waals surface area contributed by atoms with Crippen molar-refractivity contribution in [2.45, 2.75) is 6.92 Å². The molecule has 0 aliphatic heterocycles. The number of aryl methyl sites for hydroxylation is 1. The fourth-order valence-corrected chi connectivity index (χ4v) is 1.99. The first kappa shape index (κ1) is 10.2. The fraction of sp³-hybridized carbons (Fsp3) is 0.100. The maximum absolute atomic E-state index is 13.4. The summed E-state index contributed by atoms with van der Waals surface area (Å²) >= 11 is 3.16. The summed E-state index contributed by atoms with van der Waals surface area (Å²) in [5.41, 5.74) is 0.799. The standard InChI is InChI=1S/C10H7BrFNO2/c1-4-6-2-5(11)3-7(12)9(6)13-8(4)10(14)15/h2-3,13H,1H3,(H,14,15). The second-order valence-corrected chi connectivity index (χ2v) is 4.16. The lowest BCUT2D eigenvalue weighted by Gasteiger charge is -1.95. The lowest BCUT2D eigenvalue weighted by molar-refractivity contribution is 0.0691. The zero-order valence-corrected chi connectivity index (χ0v) is 9.35. The number of benzene rings is 1. The minimum absolute atomic E-state index is 0.0296. The minimum Gasteiger partial charge on any atom is -0.477 e. The Morgan fingerprint density at radius 1 is 1.53 bits per heavy atom. The molecule has 0 atom stereocenters. The van der Waals surface area contributed by atoms with Gasteiger partial charge in [-0.25, -0.2) is 9.18 Å². The Kier molecular flexibility index (Phi) is 2.26. The highest BCUT2D eigenvalue weighted by Crippen LogP contribution is 2.27. The number of carbonyl (C=O) groups is 1. The van der Waals surface area contributed by atoms with E-state index in [0.29, 0.717) is 15.4 Å². The summed E-state index contributed by atoms with van der Waals surface area (Å²) in [5.74, 6) is -1.55. The molecule has 5 heteroatoms. The van der Waals surface area contributed by atoms with Crippen molar-refractivity contribution in [2.75, 3.05) is 0 Å². The molecule has 0 radical (unpaired) electrons. The molecule has 2 N–H and O–H groups in total. The van der Waals surface area contributed by atoms with Crippen LogP contribution in [-0.2, 0) is 0 Å². The molecule has 78 valence electrons. The number of carboxylic acid groups (broad SMARTS) is 1. The second kappa shape index (κ2) is 3.34. The number of hydrogen-bond donors (Lipinski definition) is 2. The van der Waals surface area contributed by atoms with Gasteiger partial charge in [0.2, 0.25) is 0 Å². The smallest absolute Gasteiger partial charge is 0.352 e. The first-order chi connectivity index (χ1) is 7.00. The van der Waals surface area contributed by atoms with Crippen LogP contribution < -0.4 is 0 Å². The first-order valence-corrected chi connectivity index (χ1v) is 5.00. The van der Waals surface area contributed by atoms with E-state index in [0.717, 1.165) is 0 Å². The van der Waals surface area contributed by atoms with E-state index in [1.165, 1.54) is 6.07 Å². The van der Waals surface area contributed by atoms with Crippen LogP contribution in [0.25, 0.3) is 10.9 Å². The summed E-state index contributed by atoms with van der Waals surface area (Å²) in [4.78, 5) is 13.4. The Morgan fingerprint density at radius 2 is 2.20 bits per heavy atom. The van der Waals surface area contributed by atoms with Gasteiger partial charge in [0.15, 0.2) is 0 Å². The van der Waals surface area contributed by atoms with Crippen molar-refractivity contribution in [3.05, 3.63) is 33.7 Å². The van der Waals surface area contributed by atoms with Crippen molar-refractivity contribution in [1.82, 2.24) is 4.98 Å². The van der Waals surface area contributed by atoms with Crippen LogP contribution in [-0.4, -0.2) is 16.1 Å². The molecule has 2 rings (SSSR count). The minimum atomic E-state index is -1.08. The Bertz CT molecular complexity index is 562. The van der Waals surface area contributed by atoms with Gasteiger partial charge < -0.3 is 10.1 Å². The highest BCUT2D eigenvalue weighted by Gasteiger charge is 2.16. The van der Waals surface area contributed by atoms with E-state index < -0.39 is 11.8 Å². The van der Waals surface area contributed by atoms with Gasteiger partial charge in [-0.05, 0) is 24.6 Å². The van der Waals surface area contributed by atoms with Crippen LogP contribution >= 0.6 is 15.9 Å². The SMILES string of the molecule is Cc1c(C(=O)O)[nH]c2c(F)cc(Br)cc12. The largest absolute Gasteiger partial charge is 0.477 e. The van der Waals surface area contributed by atoms with E-state index in [-0.39, 0.29) is 11.2 Å². The Hall–Kier alpha value is -1.36. The fourth-order valence-electron chi connectivity index (χ4n) is 1.56. The van der Waals surface area contributed by atoms with Crippen LogP contribution in [0.2, 0.25) is 0 Å². The molecule has 0 spiro atoms. The summed E-state index contributed by atoms with van der Waals surface area (Å²) in [6, 6.07) is 2.99. The molecule has 0 fully saturated rings. The quantitative estimate of drug-likeness (QED) is 0.838. The normalized spacial score (nSPS) is 10.9. The van der Waals surface area contributed by atoms with Gasteiger partial charge in [0.1, 0.15) is 11.5 Å². The average Bonchev–Trinajstić information content (AvgIpc) is 2.44. The third kappa shape index (κ3) is 1.52. The molecule has 1 aromatic heterocycles. The van der Waals surface area contributed by atoms with Gasteiger partial charge in [0, 0.05) is 9.86 Å². The molecule has 0 unspecified atom stereocenters. The number of nitrogens with one attached hydrogen (secondary N) is 1. The number of aromatic nitrogens is 1. The number of fused-ring (bicyclic) bond motifs is 1. The molecular formula is C10H7BrFNO2. The van der Waals surface area contributed by atoms with E-state index >= 15 is 0 Å². The van der Waals surface area contributed by atoms with Gasteiger partial charge >= 0.3 is 5.97 Å². The van der Waals surface area contributed by atoms with Crippen molar-refractivity contribution >= 4 is 32.8 Å². The summed E-state index contributed by atoms with van der Waals surface area (Å²) < 4.78 is 14.0. The summed E-state index contributed by atoms with van der Waals surface area (Å²) in [6.07, 6.45) is 0. The van der Waals surface area contributed by atoms with E-state index in [4.69, 9.17) is 5.11 Å². The Morgan fingerprint density at radius 3 is 2.80 bits per heavy atom. The maximum atomic E-state index is 13.4. The van der Waals surface area contributed by atoms with E-state index in [2.05, 4.69) is 20.9 Å². The van der Waals surface area contributed by atoms with Crippen LogP contribution in [0, 0.1) is 12.7 Å². The van der Waals surface area contributed by atoms with Gasteiger partial charge in [-0.3, -0.25) is 0 Å². The number of carboxylic acids is 1. The van der Waals surface area contributed by atoms with Crippen LogP contribution in [0.1, 0.15) is 16.1 Å². The molecule has 2 aromatic rings. The number of hydrogen-bond acceptors (Lipinski definition) is 1. The van der Waals surface area contributed by atoms with Crippen molar-refractivity contribution in [1.29, 1.82) is 0 Å². The van der Waals surface area contributed by atoms with Gasteiger partial charge in [-0.1, -0.05) is 15.9 Å². The van der Waals surface area contributed by atoms with Crippen molar-refractivity contribution in [2.24, 2.45) is 0 Å². The predicted molar refractivity (Wildman–Crippen MR) is 57.7 cm³/mol.